The van der Waals surface area contributed by atoms with Crippen molar-refractivity contribution in [1.29, 1.82) is 0 Å². The quantitative estimate of drug-likeness (QED) is 0.577. The van der Waals surface area contributed by atoms with Crippen LogP contribution in [0.4, 0.5) is 0 Å². The smallest absolute Gasteiger partial charge is 0.256 e. The number of amides is 1. The lowest BCUT2D eigenvalue weighted by molar-refractivity contribution is -0.233. The Hall–Kier alpha value is -0.290. The first-order valence-corrected chi connectivity index (χ1v) is 6.77. The van der Waals surface area contributed by atoms with Crippen LogP contribution in [0.5, 0.6) is 0 Å². The van der Waals surface area contributed by atoms with Gasteiger partial charge in [-0.1, -0.05) is 36.2 Å². The maximum atomic E-state index is 11.8. The molecule has 4 nitrogen and oxygen atoms in total. The second kappa shape index (κ2) is 7.34. The zero-order chi connectivity index (χ0) is 13.7. The van der Waals surface area contributed by atoms with Gasteiger partial charge in [0, 0.05) is 12.5 Å². The number of carbonyl (C=O) groups is 1. The lowest BCUT2D eigenvalue weighted by Gasteiger charge is -2.35. The summed E-state index contributed by atoms with van der Waals surface area (Å²) in [5, 5.41) is 0. The molecule has 0 aliphatic carbocycles. The largest absolute Gasteiger partial charge is 0.350 e. The van der Waals surface area contributed by atoms with Crippen LogP contribution in [0, 0.1) is 5.92 Å². The maximum Gasteiger partial charge on any atom is 0.256 e. The Kier molecular flexibility index (Phi) is 6.43. The fraction of sp³-hybridized carbons (Fsp3) is 0.750. The van der Waals surface area contributed by atoms with Crippen LogP contribution in [0.2, 0.25) is 0 Å². The summed E-state index contributed by atoms with van der Waals surface area (Å²) in [5.74, 6) is -0.0182. The molecule has 104 valence electrons. The monoisotopic (exact) mass is 295 g/mol. The molecule has 0 aromatic carbocycles. The molecule has 18 heavy (non-hydrogen) atoms. The lowest BCUT2D eigenvalue weighted by atomic mass is 10.1. The van der Waals surface area contributed by atoms with Crippen molar-refractivity contribution in [1.82, 2.24) is 4.90 Å². The van der Waals surface area contributed by atoms with Crippen LogP contribution in [0.15, 0.2) is 12.7 Å². The third kappa shape index (κ3) is 4.43. The van der Waals surface area contributed by atoms with Crippen LogP contribution < -0.4 is 0 Å². The lowest BCUT2D eigenvalue weighted by Crippen LogP contribution is -2.46. The molecule has 0 saturated carbocycles. The van der Waals surface area contributed by atoms with Crippen LogP contribution in [-0.2, 0) is 14.3 Å². The Morgan fingerprint density at radius 1 is 1.56 bits per heavy atom. The minimum atomic E-state index is -1.08. The summed E-state index contributed by atoms with van der Waals surface area (Å²) in [5.41, 5.74) is 0. The summed E-state index contributed by atoms with van der Waals surface area (Å²) in [7, 11) is 0. The van der Waals surface area contributed by atoms with E-state index in [1.807, 2.05) is 6.92 Å². The number of ether oxygens (including phenoxy) is 2. The van der Waals surface area contributed by atoms with Crippen molar-refractivity contribution in [3.8, 4) is 0 Å². The van der Waals surface area contributed by atoms with Gasteiger partial charge in [0.15, 0.2) is 11.1 Å². The Labute approximate surface area is 118 Å². The van der Waals surface area contributed by atoms with Crippen molar-refractivity contribution in [2.75, 3.05) is 19.7 Å². The summed E-state index contributed by atoms with van der Waals surface area (Å²) >= 11 is 11.2. The number of hydrogen-bond acceptors (Lipinski definition) is 3. The highest BCUT2D eigenvalue weighted by molar-refractivity contribution is 6.53. The Bertz CT molecular complexity index is 299. The molecule has 1 fully saturated rings. The molecule has 1 saturated heterocycles. The summed E-state index contributed by atoms with van der Waals surface area (Å²) < 4.78 is 11.2. The maximum absolute atomic E-state index is 11.8. The summed E-state index contributed by atoms with van der Waals surface area (Å²) in [4.78, 5) is 12.2. The third-order valence-corrected chi connectivity index (χ3v) is 3.30. The summed E-state index contributed by atoms with van der Waals surface area (Å²) in [6, 6.07) is 0. The van der Waals surface area contributed by atoms with Gasteiger partial charge < -0.3 is 14.4 Å². The van der Waals surface area contributed by atoms with E-state index < -0.39 is 11.1 Å². The van der Waals surface area contributed by atoms with Gasteiger partial charge in [-0.25, -0.2) is 0 Å². The second-order valence-electron chi connectivity index (χ2n) is 4.41. The van der Waals surface area contributed by atoms with E-state index in [2.05, 4.69) is 13.5 Å². The molecule has 3 atom stereocenters. The van der Waals surface area contributed by atoms with Crippen LogP contribution in [0.1, 0.15) is 13.8 Å². The minimum absolute atomic E-state index is 0.104. The Morgan fingerprint density at radius 2 is 2.22 bits per heavy atom. The summed E-state index contributed by atoms with van der Waals surface area (Å²) in [6.45, 7) is 8.93. The van der Waals surface area contributed by atoms with E-state index in [0.29, 0.717) is 25.6 Å². The standard InChI is InChI=1S/C12H19Cl2NO3/c1-4-5-15(12(16)11(13)14)6-10-17-7-8(2)9(3)18-10/h4,8-11H,1,5-7H2,2-3H3. The molecule has 0 aromatic rings. The van der Waals surface area contributed by atoms with E-state index in [1.165, 1.54) is 4.90 Å². The minimum Gasteiger partial charge on any atom is -0.350 e. The molecule has 3 unspecified atom stereocenters. The van der Waals surface area contributed by atoms with Crippen molar-refractivity contribution in [2.45, 2.75) is 31.1 Å². The van der Waals surface area contributed by atoms with Gasteiger partial charge in [-0.3, -0.25) is 4.79 Å². The highest BCUT2D eigenvalue weighted by atomic mass is 35.5. The number of halogens is 2. The molecule has 1 aliphatic rings. The van der Waals surface area contributed by atoms with Gasteiger partial charge in [-0.05, 0) is 6.92 Å². The Morgan fingerprint density at radius 3 is 2.72 bits per heavy atom. The average molecular weight is 296 g/mol. The highest BCUT2D eigenvalue weighted by Crippen LogP contribution is 2.19. The highest BCUT2D eigenvalue weighted by Gasteiger charge is 2.29. The van der Waals surface area contributed by atoms with Crippen molar-refractivity contribution in [3.05, 3.63) is 12.7 Å². The van der Waals surface area contributed by atoms with Gasteiger partial charge in [-0.2, -0.15) is 0 Å². The number of hydrogen-bond donors (Lipinski definition) is 0. The first-order chi connectivity index (χ1) is 8.45. The number of alkyl halides is 2. The number of nitrogens with zero attached hydrogens (tertiary/aromatic N) is 1. The molecule has 0 spiro atoms. The van der Waals surface area contributed by atoms with Gasteiger partial charge in [0.1, 0.15) is 0 Å². The topological polar surface area (TPSA) is 38.8 Å². The van der Waals surface area contributed by atoms with E-state index in [9.17, 15) is 4.79 Å². The zero-order valence-corrected chi connectivity index (χ0v) is 12.2. The molecule has 1 heterocycles. The zero-order valence-electron chi connectivity index (χ0n) is 10.6. The van der Waals surface area contributed by atoms with Gasteiger partial charge in [0.05, 0.1) is 19.3 Å². The van der Waals surface area contributed by atoms with E-state index in [-0.39, 0.29) is 12.0 Å². The van der Waals surface area contributed by atoms with Gasteiger partial charge in [0.2, 0.25) is 0 Å². The van der Waals surface area contributed by atoms with Crippen molar-refractivity contribution >= 4 is 29.1 Å². The van der Waals surface area contributed by atoms with Crippen molar-refractivity contribution in [3.63, 3.8) is 0 Å². The van der Waals surface area contributed by atoms with E-state index in [0.717, 1.165) is 0 Å². The predicted octanol–water partition coefficient (Wildman–Crippen LogP) is 2.20. The van der Waals surface area contributed by atoms with Crippen LogP contribution >= 0.6 is 23.2 Å². The first-order valence-electron chi connectivity index (χ1n) is 5.90. The number of carbonyl (C=O) groups excluding carboxylic acids is 1. The fourth-order valence-corrected chi connectivity index (χ4v) is 1.91. The molecular formula is C12H19Cl2NO3. The van der Waals surface area contributed by atoms with Gasteiger partial charge in [-0.15, -0.1) is 6.58 Å². The van der Waals surface area contributed by atoms with Crippen molar-refractivity contribution < 1.29 is 14.3 Å². The molecule has 0 bridgehead atoms. The normalized spacial score (nSPS) is 28.2. The SMILES string of the molecule is C=CCN(CC1OCC(C)C(C)O1)C(=O)C(Cl)Cl. The average Bonchev–Trinajstić information content (AvgIpc) is 2.32. The van der Waals surface area contributed by atoms with E-state index >= 15 is 0 Å². The molecule has 6 heteroatoms. The van der Waals surface area contributed by atoms with Gasteiger partial charge >= 0.3 is 0 Å². The number of rotatable bonds is 5. The molecule has 0 aromatic heterocycles. The van der Waals surface area contributed by atoms with Crippen LogP contribution in [0.25, 0.3) is 0 Å². The summed E-state index contributed by atoms with van der Waals surface area (Å²) in [6.07, 6.45) is 1.28. The molecule has 0 radical (unpaired) electrons. The molecule has 1 aliphatic heterocycles. The first kappa shape index (κ1) is 15.8. The molecular weight excluding hydrogens is 277 g/mol. The molecule has 0 N–H and O–H groups in total. The Balaban J connectivity index is 2.56. The molecule has 1 rings (SSSR count). The predicted molar refractivity (Wildman–Crippen MR) is 71.7 cm³/mol. The van der Waals surface area contributed by atoms with E-state index in [4.69, 9.17) is 32.7 Å². The van der Waals surface area contributed by atoms with Crippen LogP contribution in [0.3, 0.4) is 0 Å². The van der Waals surface area contributed by atoms with Crippen LogP contribution in [-0.4, -0.2) is 47.7 Å². The molecule has 1 amide bonds. The van der Waals surface area contributed by atoms with Gasteiger partial charge in [0.25, 0.3) is 5.91 Å². The van der Waals surface area contributed by atoms with E-state index in [1.54, 1.807) is 6.08 Å². The second-order valence-corrected chi connectivity index (χ2v) is 5.51. The fourth-order valence-electron chi connectivity index (χ4n) is 1.63. The third-order valence-electron chi connectivity index (χ3n) is 2.93. The van der Waals surface area contributed by atoms with Crippen molar-refractivity contribution in [2.24, 2.45) is 5.92 Å².